The third-order valence-corrected chi connectivity index (χ3v) is 5.65. The first-order valence-electron chi connectivity index (χ1n) is 10.3. The van der Waals surface area contributed by atoms with Gasteiger partial charge < -0.3 is 5.11 Å². The van der Waals surface area contributed by atoms with Crippen LogP contribution in [0.1, 0.15) is 53.1 Å². The highest BCUT2D eigenvalue weighted by atomic mass is 35.5. The van der Waals surface area contributed by atoms with Gasteiger partial charge in [0, 0.05) is 13.0 Å². The summed E-state index contributed by atoms with van der Waals surface area (Å²) in [5, 5.41) is 9.61. The Labute approximate surface area is 185 Å². The minimum atomic E-state index is -0.967. The Morgan fingerprint density at radius 3 is 2.29 bits per heavy atom. The van der Waals surface area contributed by atoms with Gasteiger partial charge in [-0.2, -0.15) is 0 Å². The number of hydrogen-bond donors (Lipinski definition) is 1. The number of carbonyl (C=O) groups is 2. The lowest BCUT2D eigenvalue weighted by Crippen LogP contribution is -2.29. The van der Waals surface area contributed by atoms with E-state index in [-0.39, 0.29) is 23.0 Å². The van der Waals surface area contributed by atoms with E-state index in [2.05, 4.69) is 0 Å². The summed E-state index contributed by atoms with van der Waals surface area (Å²) in [6.45, 7) is 4.10. The number of nitrogens with zero attached hydrogens (tertiary/aromatic N) is 2. The number of benzene rings is 2. The normalized spacial score (nSPS) is 10.9. The smallest absolute Gasteiger partial charge is 0.336 e. The standard InChI is InChI=1S/C24H25ClN2O4/c1-3-7-20-22(25)27(21(28)4-2)24(31)26(20)15-14-16-10-12-17(13-11-16)18-8-5-6-9-19(18)23(29)30/h5-6,8-13H,3-4,7,14-15H2,1-2H3,(H,29,30). The first-order valence-corrected chi connectivity index (χ1v) is 10.7. The number of hydrogen-bond acceptors (Lipinski definition) is 3. The van der Waals surface area contributed by atoms with Crippen LogP contribution in [0.4, 0.5) is 0 Å². The van der Waals surface area contributed by atoms with Gasteiger partial charge in [0.1, 0.15) is 5.15 Å². The van der Waals surface area contributed by atoms with Gasteiger partial charge in [-0.1, -0.05) is 74.3 Å². The Bertz CT molecular complexity index is 1160. The topological polar surface area (TPSA) is 81.3 Å². The van der Waals surface area contributed by atoms with Gasteiger partial charge in [-0.25, -0.2) is 14.2 Å². The lowest BCUT2D eigenvalue weighted by Gasteiger charge is -2.09. The number of rotatable bonds is 8. The minimum absolute atomic E-state index is 0.203. The highest BCUT2D eigenvalue weighted by Crippen LogP contribution is 2.24. The molecule has 1 aromatic heterocycles. The van der Waals surface area contributed by atoms with Gasteiger partial charge in [-0.05, 0) is 35.6 Å². The van der Waals surface area contributed by atoms with E-state index in [4.69, 9.17) is 11.6 Å². The Kier molecular flexibility index (Phi) is 7.13. The van der Waals surface area contributed by atoms with E-state index in [1.807, 2.05) is 37.3 Å². The maximum absolute atomic E-state index is 12.8. The van der Waals surface area contributed by atoms with Gasteiger partial charge in [0.15, 0.2) is 0 Å². The van der Waals surface area contributed by atoms with Crippen molar-refractivity contribution in [3.8, 4) is 11.1 Å². The number of imidazole rings is 1. The van der Waals surface area contributed by atoms with Gasteiger partial charge in [0.05, 0.1) is 11.3 Å². The minimum Gasteiger partial charge on any atom is -0.478 e. The van der Waals surface area contributed by atoms with E-state index < -0.39 is 11.7 Å². The lowest BCUT2D eigenvalue weighted by molar-refractivity contribution is 0.0697. The summed E-state index contributed by atoms with van der Waals surface area (Å²) in [6, 6.07) is 14.5. The zero-order valence-electron chi connectivity index (χ0n) is 17.6. The van der Waals surface area contributed by atoms with Crippen molar-refractivity contribution in [3.05, 3.63) is 81.0 Å². The molecule has 1 N–H and O–H groups in total. The molecule has 6 nitrogen and oxygen atoms in total. The number of aromatic carboxylic acids is 1. The molecule has 2 aromatic carbocycles. The number of aromatic nitrogens is 2. The van der Waals surface area contributed by atoms with Crippen LogP contribution in [0.5, 0.6) is 0 Å². The average molecular weight is 441 g/mol. The fraction of sp³-hybridized carbons (Fsp3) is 0.292. The molecule has 0 atom stereocenters. The van der Waals surface area contributed by atoms with Gasteiger partial charge >= 0.3 is 11.7 Å². The van der Waals surface area contributed by atoms with Crippen LogP contribution in [-0.2, 0) is 19.4 Å². The fourth-order valence-corrected chi connectivity index (χ4v) is 4.02. The summed E-state index contributed by atoms with van der Waals surface area (Å²) >= 11 is 6.37. The van der Waals surface area contributed by atoms with Gasteiger partial charge in [-0.3, -0.25) is 9.36 Å². The molecule has 0 bridgehead atoms. The molecular formula is C24H25ClN2O4. The Morgan fingerprint density at radius 1 is 1.00 bits per heavy atom. The largest absolute Gasteiger partial charge is 0.478 e. The molecule has 7 heteroatoms. The van der Waals surface area contributed by atoms with E-state index in [0.29, 0.717) is 30.6 Å². The molecule has 1 heterocycles. The van der Waals surface area contributed by atoms with Crippen molar-refractivity contribution in [1.82, 2.24) is 9.13 Å². The summed E-state index contributed by atoms with van der Waals surface area (Å²) in [7, 11) is 0. The predicted octanol–water partition coefficient (Wildman–Crippen LogP) is 4.91. The van der Waals surface area contributed by atoms with E-state index >= 15 is 0 Å². The molecule has 0 saturated heterocycles. The summed E-state index contributed by atoms with van der Waals surface area (Å²) in [4.78, 5) is 36.5. The molecule has 162 valence electrons. The van der Waals surface area contributed by atoms with Crippen LogP contribution in [0, 0.1) is 0 Å². The lowest BCUT2D eigenvalue weighted by atomic mass is 9.98. The Balaban J connectivity index is 1.85. The van der Waals surface area contributed by atoms with E-state index in [1.165, 1.54) is 0 Å². The molecule has 0 aliphatic carbocycles. The van der Waals surface area contributed by atoms with Crippen molar-refractivity contribution in [2.45, 2.75) is 46.1 Å². The fourth-order valence-electron chi connectivity index (χ4n) is 3.65. The zero-order valence-corrected chi connectivity index (χ0v) is 18.4. The molecule has 0 amide bonds. The molecule has 0 radical (unpaired) electrons. The Morgan fingerprint density at radius 2 is 1.68 bits per heavy atom. The number of aryl methyl sites for hydroxylation is 1. The summed E-state index contributed by atoms with van der Waals surface area (Å²) < 4.78 is 2.66. The van der Waals surface area contributed by atoms with Crippen molar-refractivity contribution in [1.29, 1.82) is 0 Å². The number of halogens is 1. The van der Waals surface area contributed by atoms with Gasteiger partial charge in [0.2, 0.25) is 5.91 Å². The van der Waals surface area contributed by atoms with Crippen LogP contribution >= 0.6 is 11.6 Å². The zero-order chi connectivity index (χ0) is 22.5. The van der Waals surface area contributed by atoms with E-state index in [9.17, 15) is 19.5 Å². The molecule has 0 spiro atoms. The Hall–Kier alpha value is -3.12. The first kappa shape index (κ1) is 22.6. The summed E-state index contributed by atoms with van der Waals surface area (Å²) in [5.41, 5.74) is 3.01. The molecule has 0 saturated carbocycles. The SMILES string of the molecule is CCCc1c(Cl)n(C(=O)CC)c(=O)n1CCc1ccc(-c2ccccc2C(=O)O)cc1. The molecule has 3 rings (SSSR count). The number of carboxylic acid groups (broad SMARTS) is 1. The summed E-state index contributed by atoms with van der Waals surface area (Å²) in [5.74, 6) is -1.28. The van der Waals surface area contributed by atoms with Crippen molar-refractivity contribution in [2.24, 2.45) is 0 Å². The molecule has 31 heavy (non-hydrogen) atoms. The van der Waals surface area contributed by atoms with Crippen LogP contribution in [0.2, 0.25) is 5.15 Å². The third-order valence-electron chi connectivity index (χ3n) is 5.27. The van der Waals surface area contributed by atoms with Crippen molar-refractivity contribution >= 4 is 23.5 Å². The second-order valence-electron chi connectivity index (χ2n) is 7.30. The van der Waals surface area contributed by atoms with Crippen LogP contribution in [0.3, 0.4) is 0 Å². The first-order chi connectivity index (χ1) is 14.9. The quantitative estimate of drug-likeness (QED) is 0.539. The highest BCUT2D eigenvalue weighted by molar-refractivity contribution is 6.31. The maximum Gasteiger partial charge on any atom is 0.336 e. The highest BCUT2D eigenvalue weighted by Gasteiger charge is 2.21. The van der Waals surface area contributed by atoms with Crippen molar-refractivity contribution in [2.75, 3.05) is 0 Å². The molecule has 0 aliphatic rings. The van der Waals surface area contributed by atoms with Gasteiger partial charge in [-0.15, -0.1) is 0 Å². The average Bonchev–Trinajstić information content (AvgIpc) is 3.01. The molecule has 0 unspecified atom stereocenters. The summed E-state index contributed by atoms with van der Waals surface area (Å²) in [6.07, 6.45) is 2.21. The molecule has 3 aromatic rings. The van der Waals surface area contributed by atoms with Crippen LogP contribution in [-0.4, -0.2) is 26.1 Å². The molecule has 0 fully saturated rings. The van der Waals surface area contributed by atoms with Gasteiger partial charge in [0.25, 0.3) is 0 Å². The van der Waals surface area contributed by atoms with Crippen molar-refractivity contribution in [3.63, 3.8) is 0 Å². The number of carbonyl (C=O) groups excluding carboxylic acids is 1. The predicted molar refractivity (Wildman–Crippen MR) is 121 cm³/mol. The second kappa shape index (κ2) is 9.79. The number of carboxylic acids is 1. The monoisotopic (exact) mass is 440 g/mol. The van der Waals surface area contributed by atoms with Crippen molar-refractivity contribution < 1.29 is 14.7 Å². The third kappa shape index (κ3) is 4.64. The molecular weight excluding hydrogens is 416 g/mol. The van der Waals surface area contributed by atoms with E-state index in [0.717, 1.165) is 22.1 Å². The van der Waals surface area contributed by atoms with Crippen LogP contribution in [0.25, 0.3) is 11.1 Å². The van der Waals surface area contributed by atoms with Crippen LogP contribution < -0.4 is 5.69 Å². The molecule has 0 aliphatic heterocycles. The van der Waals surface area contributed by atoms with E-state index in [1.54, 1.807) is 29.7 Å². The van der Waals surface area contributed by atoms with Crippen LogP contribution in [0.15, 0.2) is 53.3 Å². The second-order valence-corrected chi connectivity index (χ2v) is 7.66. The maximum atomic E-state index is 12.8.